The summed E-state index contributed by atoms with van der Waals surface area (Å²) in [7, 11) is 0. The number of anilines is 1. The van der Waals surface area contributed by atoms with Crippen LogP contribution >= 0.6 is 0 Å². The van der Waals surface area contributed by atoms with Gasteiger partial charge in [0.15, 0.2) is 5.78 Å². The first kappa shape index (κ1) is 24.6. The maximum Gasteiger partial charge on any atom is 0.257 e. The lowest BCUT2D eigenvalue weighted by molar-refractivity contribution is 0.0902. The molecule has 150 valence electrons. The molecule has 2 aromatic rings. The molecule has 0 saturated heterocycles. The lowest BCUT2D eigenvalue weighted by atomic mass is 9.75. The summed E-state index contributed by atoms with van der Waals surface area (Å²) in [5.74, 6) is -0.201. The Morgan fingerprint density at radius 3 is 2.07 bits per heavy atom. The summed E-state index contributed by atoms with van der Waals surface area (Å²) in [5.41, 5.74) is 2.54. The molecule has 1 aliphatic rings. The molecule has 1 aliphatic carbocycles. The van der Waals surface area contributed by atoms with Crippen LogP contribution in [0.3, 0.4) is 0 Å². The van der Waals surface area contributed by atoms with Crippen molar-refractivity contribution in [2.75, 3.05) is 5.32 Å². The number of aromatic amines is 1. The Labute approximate surface area is 164 Å². The fourth-order valence-electron chi connectivity index (χ4n) is 2.89. The third-order valence-electron chi connectivity index (χ3n) is 3.81. The van der Waals surface area contributed by atoms with E-state index in [0.717, 1.165) is 17.8 Å². The van der Waals surface area contributed by atoms with Crippen molar-refractivity contribution < 1.29 is 9.59 Å². The number of benzene rings is 1. The van der Waals surface area contributed by atoms with Gasteiger partial charge in [-0.15, -0.1) is 0 Å². The molecular weight excluding hydrogens is 336 g/mol. The molecule has 0 unspecified atom stereocenters. The summed E-state index contributed by atoms with van der Waals surface area (Å²) in [4.78, 5) is 27.8. The van der Waals surface area contributed by atoms with Gasteiger partial charge in [0.2, 0.25) is 0 Å². The molecule has 0 saturated carbocycles. The number of hydrogen-bond acceptors (Lipinski definition) is 2. The quantitative estimate of drug-likeness (QED) is 0.632. The molecule has 3 rings (SSSR count). The molecular formula is C23H36N2O2. The fourth-order valence-corrected chi connectivity index (χ4v) is 2.89. The van der Waals surface area contributed by atoms with E-state index in [1.165, 1.54) is 0 Å². The minimum Gasteiger partial charge on any atom is -0.364 e. The zero-order chi connectivity index (χ0) is 21.0. The van der Waals surface area contributed by atoms with E-state index in [-0.39, 0.29) is 17.1 Å². The SMILES string of the molecule is CC.CC.CC.CC1(C)CC(=O)c2c(C(=O)Nc3ccccc3)c[nH]c2C1. The number of H-pyrrole nitrogens is 1. The number of carbonyl (C=O) groups is 2. The average molecular weight is 373 g/mol. The molecule has 0 bridgehead atoms. The van der Waals surface area contributed by atoms with Crippen LogP contribution in [0, 0.1) is 5.41 Å². The normalized spacial score (nSPS) is 13.4. The van der Waals surface area contributed by atoms with Gasteiger partial charge in [0.25, 0.3) is 5.91 Å². The Balaban J connectivity index is 0.00000103. The zero-order valence-corrected chi connectivity index (χ0v) is 18.2. The van der Waals surface area contributed by atoms with E-state index in [9.17, 15) is 9.59 Å². The van der Waals surface area contributed by atoms with Crippen molar-refractivity contribution in [3.8, 4) is 0 Å². The number of nitrogens with one attached hydrogen (secondary N) is 2. The van der Waals surface area contributed by atoms with Crippen LogP contribution in [0.2, 0.25) is 0 Å². The second kappa shape index (κ2) is 12.1. The predicted octanol–water partition coefficient (Wildman–Crippen LogP) is 6.50. The Morgan fingerprint density at radius 1 is 0.963 bits per heavy atom. The van der Waals surface area contributed by atoms with Gasteiger partial charge in [-0.05, 0) is 24.0 Å². The van der Waals surface area contributed by atoms with Gasteiger partial charge in [-0.25, -0.2) is 0 Å². The van der Waals surface area contributed by atoms with E-state index in [4.69, 9.17) is 0 Å². The first-order valence-corrected chi connectivity index (χ1v) is 10.1. The van der Waals surface area contributed by atoms with Crippen molar-refractivity contribution >= 4 is 17.4 Å². The number of amides is 1. The van der Waals surface area contributed by atoms with Crippen LogP contribution in [-0.2, 0) is 6.42 Å². The Morgan fingerprint density at radius 2 is 1.52 bits per heavy atom. The first-order chi connectivity index (χ1) is 13.0. The third-order valence-corrected chi connectivity index (χ3v) is 3.81. The number of Topliss-reactive ketones (excluding diaryl/α,β-unsaturated/α-hetero) is 1. The Kier molecular flexibility index (Phi) is 11.0. The molecule has 4 heteroatoms. The molecule has 1 aromatic heterocycles. The number of rotatable bonds is 2. The van der Waals surface area contributed by atoms with Gasteiger partial charge >= 0.3 is 0 Å². The van der Waals surface area contributed by atoms with E-state index in [1.807, 2.05) is 71.9 Å². The molecule has 0 fully saturated rings. The maximum absolute atomic E-state index is 12.4. The van der Waals surface area contributed by atoms with E-state index < -0.39 is 0 Å². The molecule has 1 amide bonds. The summed E-state index contributed by atoms with van der Waals surface area (Å²) in [6, 6.07) is 9.25. The number of carbonyl (C=O) groups excluding carboxylic acids is 2. The predicted molar refractivity (Wildman–Crippen MR) is 116 cm³/mol. The average Bonchev–Trinajstić information content (AvgIpc) is 3.10. The monoisotopic (exact) mass is 372 g/mol. The van der Waals surface area contributed by atoms with Gasteiger partial charge in [0.05, 0.1) is 11.1 Å². The topological polar surface area (TPSA) is 62.0 Å². The summed E-state index contributed by atoms with van der Waals surface area (Å²) >= 11 is 0. The second-order valence-corrected chi connectivity index (χ2v) is 6.32. The number of aromatic nitrogens is 1. The van der Waals surface area contributed by atoms with Crippen LogP contribution in [0.1, 0.15) is 88.2 Å². The van der Waals surface area contributed by atoms with Crippen molar-refractivity contribution in [3.05, 3.63) is 53.3 Å². The first-order valence-electron chi connectivity index (χ1n) is 10.1. The minimum absolute atomic E-state index is 0.0423. The largest absolute Gasteiger partial charge is 0.364 e. The van der Waals surface area contributed by atoms with Gasteiger partial charge in [0.1, 0.15) is 0 Å². The van der Waals surface area contributed by atoms with E-state index in [1.54, 1.807) is 6.20 Å². The maximum atomic E-state index is 12.4. The van der Waals surface area contributed by atoms with Gasteiger partial charge in [-0.2, -0.15) is 0 Å². The number of para-hydroxylation sites is 1. The highest BCUT2D eigenvalue weighted by Crippen LogP contribution is 2.35. The molecule has 0 radical (unpaired) electrons. The molecule has 2 N–H and O–H groups in total. The van der Waals surface area contributed by atoms with E-state index in [2.05, 4.69) is 24.1 Å². The highest BCUT2D eigenvalue weighted by atomic mass is 16.2. The summed E-state index contributed by atoms with van der Waals surface area (Å²) in [5, 5.41) is 2.82. The van der Waals surface area contributed by atoms with Crippen molar-refractivity contribution in [1.29, 1.82) is 0 Å². The fraction of sp³-hybridized carbons (Fsp3) is 0.478. The van der Waals surface area contributed by atoms with E-state index in [0.29, 0.717) is 17.5 Å². The van der Waals surface area contributed by atoms with Gasteiger partial charge in [0, 0.05) is 24.0 Å². The van der Waals surface area contributed by atoms with Gasteiger partial charge in [-0.1, -0.05) is 73.6 Å². The van der Waals surface area contributed by atoms with Crippen LogP contribution < -0.4 is 5.32 Å². The second-order valence-electron chi connectivity index (χ2n) is 6.32. The Bertz CT molecular complexity index is 700. The molecule has 0 spiro atoms. The summed E-state index contributed by atoms with van der Waals surface area (Å²) in [6.45, 7) is 16.1. The number of fused-ring (bicyclic) bond motifs is 1. The third kappa shape index (κ3) is 6.70. The minimum atomic E-state index is -0.244. The Hall–Kier alpha value is -2.36. The summed E-state index contributed by atoms with van der Waals surface area (Å²) < 4.78 is 0. The molecule has 4 nitrogen and oxygen atoms in total. The molecule has 1 heterocycles. The van der Waals surface area contributed by atoms with Gasteiger partial charge in [-0.3, -0.25) is 9.59 Å². The highest BCUT2D eigenvalue weighted by Gasteiger charge is 2.35. The number of hydrogen-bond donors (Lipinski definition) is 2. The van der Waals surface area contributed by atoms with Crippen molar-refractivity contribution in [2.45, 2.75) is 68.2 Å². The van der Waals surface area contributed by atoms with E-state index >= 15 is 0 Å². The lowest BCUT2D eigenvalue weighted by Crippen LogP contribution is -2.28. The van der Waals surface area contributed by atoms with Crippen LogP contribution in [0.4, 0.5) is 5.69 Å². The molecule has 0 aliphatic heterocycles. The molecule has 1 aromatic carbocycles. The van der Waals surface area contributed by atoms with Crippen LogP contribution in [0.15, 0.2) is 36.5 Å². The highest BCUT2D eigenvalue weighted by molar-refractivity contribution is 6.13. The summed E-state index contributed by atoms with van der Waals surface area (Å²) in [6.07, 6.45) is 2.90. The van der Waals surface area contributed by atoms with Crippen LogP contribution in [0.5, 0.6) is 0 Å². The standard InChI is InChI=1S/C17H18N2O2.3C2H6/c1-17(2)8-13-15(14(20)9-17)12(10-18-13)16(21)19-11-6-4-3-5-7-11;3*1-2/h3-7,10,18H,8-9H2,1-2H3,(H,19,21);3*1-2H3. The zero-order valence-electron chi connectivity index (χ0n) is 18.2. The van der Waals surface area contributed by atoms with Crippen LogP contribution in [-0.4, -0.2) is 16.7 Å². The van der Waals surface area contributed by atoms with Crippen molar-refractivity contribution in [3.63, 3.8) is 0 Å². The van der Waals surface area contributed by atoms with Crippen molar-refractivity contribution in [1.82, 2.24) is 4.98 Å². The van der Waals surface area contributed by atoms with Crippen LogP contribution in [0.25, 0.3) is 0 Å². The van der Waals surface area contributed by atoms with Gasteiger partial charge < -0.3 is 10.3 Å². The number of ketones is 1. The molecule has 27 heavy (non-hydrogen) atoms. The lowest BCUT2D eigenvalue weighted by Gasteiger charge is -2.28. The molecule has 0 atom stereocenters. The van der Waals surface area contributed by atoms with Crippen molar-refractivity contribution in [2.24, 2.45) is 5.41 Å². The smallest absolute Gasteiger partial charge is 0.257 e.